The number of fused-ring (bicyclic) bond motifs is 3. The van der Waals surface area contributed by atoms with Crippen molar-refractivity contribution in [3.8, 4) is 5.75 Å². The van der Waals surface area contributed by atoms with Crippen molar-refractivity contribution in [2.45, 2.75) is 62.4 Å². The number of carbonyl (C=O) groups is 2. The lowest BCUT2D eigenvalue weighted by atomic mass is 9.68. The van der Waals surface area contributed by atoms with Crippen LogP contribution >= 0.6 is 11.6 Å². The minimum Gasteiger partial charge on any atom is -0.490 e. The summed E-state index contributed by atoms with van der Waals surface area (Å²) in [5.74, 6) is -0.121. The molecule has 0 aromatic heterocycles. The fourth-order valence-electron chi connectivity index (χ4n) is 7.30. The first kappa shape index (κ1) is 32.1. The van der Waals surface area contributed by atoms with Crippen molar-refractivity contribution in [2.24, 2.45) is 11.8 Å². The zero-order valence-electron chi connectivity index (χ0n) is 26.0. The third-order valence-electron chi connectivity index (χ3n) is 10.0. The van der Waals surface area contributed by atoms with Crippen molar-refractivity contribution >= 4 is 29.2 Å². The number of aliphatic hydroxyl groups is 1. The quantitative estimate of drug-likeness (QED) is 0.243. The predicted molar refractivity (Wildman–Crippen MR) is 174 cm³/mol. The second-order valence-corrected chi connectivity index (χ2v) is 13.2. The number of hydrogen-bond acceptors (Lipinski definition) is 6. The van der Waals surface area contributed by atoms with E-state index >= 15 is 0 Å². The number of methoxy groups -OCH3 is 1. The molecule has 1 heterocycles. The highest BCUT2D eigenvalue weighted by Gasteiger charge is 2.44. The molecule has 5 atom stereocenters. The van der Waals surface area contributed by atoms with Gasteiger partial charge in [0.15, 0.2) is 0 Å². The molecule has 0 radical (unpaired) electrons. The number of hydrogen-bond donors (Lipinski definition) is 1. The summed E-state index contributed by atoms with van der Waals surface area (Å²) in [6.45, 7) is 10.1. The fourth-order valence-corrected chi connectivity index (χ4v) is 7.49. The molecule has 1 fully saturated rings. The van der Waals surface area contributed by atoms with Crippen LogP contribution in [0.1, 0.15) is 61.1 Å². The number of nitrogens with zero attached hydrogens (tertiary/aromatic N) is 2. The summed E-state index contributed by atoms with van der Waals surface area (Å²) >= 11 is 6.41. The van der Waals surface area contributed by atoms with Crippen LogP contribution in [0.4, 0.5) is 5.69 Å². The topological polar surface area (TPSA) is 79.3 Å². The van der Waals surface area contributed by atoms with Crippen molar-refractivity contribution < 1.29 is 24.2 Å². The van der Waals surface area contributed by atoms with Crippen molar-refractivity contribution in [1.29, 1.82) is 0 Å². The van der Waals surface area contributed by atoms with Crippen LogP contribution in [0.25, 0.3) is 0 Å². The van der Waals surface area contributed by atoms with Gasteiger partial charge in [-0.05, 0) is 91.3 Å². The molecule has 1 spiro atoms. The third-order valence-corrected chi connectivity index (χ3v) is 10.3. The first-order valence-electron chi connectivity index (χ1n) is 15.7. The first-order chi connectivity index (χ1) is 21.2. The van der Waals surface area contributed by atoms with Gasteiger partial charge in [-0.3, -0.25) is 9.59 Å². The number of benzene rings is 2. The van der Waals surface area contributed by atoms with E-state index in [0.29, 0.717) is 25.5 Å². The van der Waals surface area contributed by atoms with E-state index < -0.39 is 18.0 Å². The normalized spacial score (nSPS) is 23.6. The Morgan fingerprint density at radius 2 is 2.07 bits per heavy atom. The van der Waals surface area contributed by atoms with Gasteiger partial charge in [0.2, 0.25) is 5.91 Å². The minimum absolute atomic E-state index is 0.00819. The Balaban J connectivity index is 1.52. The van der Waals surface area contributed by atoms with E-state index in [1.54, 1.807) is 24.1 Å². The van der Waals surface area contributed by atoms with Gasteiger partial charge in [0.05, 0.1) is 31.4 Å². The van der Waals surface area contributed by atoms with E-state index in [4.69, 9.17) is 21.1 Å². The fraction of sp³-hybridized carbons (Fsp3) is 0.500. The van der Waals surface area contributed by atoms with Crippen LogP contribution in [0.3, 0.4) is 0 Å². The van der Waals surface area contributed by atoms with Gasteiger partial charge in [0, 0.05) is 43.5 Å². The van der Waals surface area contributed by atoms with E-state index in [0.717, 1.165) is 67.2 Å². The third kappa shape index (κ3) is 6.54. The van der Waals surface area contributed by atoms with Crippen LogP contribution in [0.15, 0.2) is 61.7 Å². The lowest BCUT2D eigenvalue weighted by Gasteiger charge is -2.45. The molecule has 2 aromatic carbocycles. The molecule has 2 unspecified atom stereocenters. The maximum atomic E-state index is 13.1. The number of carbonyl (C=O) groups excluding carboxylic acids is 2. The smallest absolute Gasteiger partial charge is 0.313 e. The highest BCUT2D eigenvalue weighted by molar-refractivity contribution is 6.30. The molecule has 0 bridgehead atoms. The molecule has 7 nitrogen and oxygen atoms in total. The standard InChI is InChI=1S/C36H45ClN2O5/c1-5-7-17-38(3)34(41)20-29(35(42)43-4)24-11-15-33-31(19-24)39(21-26-10-13-28(26)32(40)6-2)22-36(23-44-33)16-8-9-25-18-27(37)12-14-30(25)36/h5-6,11-12,14-15,18-19,26,28-29,32,40H,1-2,7-10,13,16-17,20-23H2,3-4H3/t26-,28+,29?,32?,36-/m0/s1. The summed E-state index contributed by atoms with van der Waals surface area (Å²) in [5.41, 5.74) is 3.94. The number of aliphatic hydroxyl groups excluding tert-OH is 1. The SMILES string of the molecule is C=CCCN(C)C(=O)CC(C(=O)OC)c1ccc2c(c1)N(C[C@@H]1CC[C@H]1C(O)C=C)C[C@@]1(CCCc3cc(Cl)ccc31)CO2. The number of esters is 1. The van der Waals surface area contributed by atoms with Gasteiger partial charge in [0.1, 0.15) is 5.75 Å². The average molecular weight is 621 g/mol. The van der Waals surface area contributed by atoms with Gasteiger partial charge < -0.3 is 24.4 Å². The molecular weight excluding hydrogens is 576 g/mol. The van der Waals surface area contributed by atoms with Gasteiger partial charge in [0.25, 0.3) is 0 Å². The number of amides is 1. The van der Waals surface area contributed by atoms with Gasteiger partial charge >= 0.3 is 5.97 Å². The monoisotopic (exact) mass is 620 g/mol. The summed E-state index contributed by atoms with van der Waals surface area (Å²) in [7, 11) is 3.10. The Morgan fingerprint density at radius 3 is 2.77 bits per heavy atom. The van der Waals surface area contributed by atoms with Crippen molar-refractivity contribution in [3.05, 3.63) is 83.4 Å². The molecule has 44 heavy (non-hydrogen) atoms. The molecule has 3 aliphatic rings. The van der Waals surface area contributed by atoms with Gasteiger partial charge in [-0.2, -0.15) is 0 Å². The summed E-state index contributed by atoms with van der Waals surface area (Å²) in [6.07, 6.45) is 8.56. The zero-order chi connectivity index (χ0) is 31.4. The average Bonchev–Trinajstić information content (AvgIpc) is 3.16. The van der Waals surface area contributed by atoms with Gasteiger partial charge in [-0.15, -0.1) is 13.2 Å². The zero-order valence-corrected chi connectivity index (χ0v) is 26.7. The van der Waals surface area contributed by atoms with E-state index in [9.17, 15) is 14.7 Å². The number of ether oxygens (including phenoxy) is 2. The van der Waals surface area contributed by atoms with E-state index in [2.05, 4.69) is 30.2 Å². The van der Waals surface area contributed by atoms with Crippen molar-refractivity contribution in [2.75, 3.05) is 45.3 Å². The van der Waals surface area contributed by atoms with Crippen molar-refractivity contribution in [1.82, 2.24) is 4.90 Å². The van der Waals surface area contributed by atoms with Gasteiger partial charge in [-0.25, -0.2) is 0 Å². The Hall–Kier alpha value is -3.29. The molecular formula is C36H45ClN2O5. The maximum absolute atomic E-state index is 13.1. The Bertz CT molecular complexity index is 1390. The van der Waals surface area contributed by atoms with E-state index in [1.807, 2.05) is 24.3 Å². The second kappa shape index (κ2) is 13.8. The largest absolute Gasteiger partial charge is 0.490 e. The summed E-state index contributed by atoms with van der Waals surface area (Å²) < 4.78 is 11.8. The molecule has 8 heteroatoms. The number of aryl methyl sites for hydroxylation is 1. The molecule has 1 saturated carbocycles. The molecule has 1 amide bonds. The number of anilines is 1. The predicted octanol–water partition coefficient (Wildman–Crippen LogP) is 6.07. The maximum Gasteiger partial charge on any atom is 0.313 e. The Labute approximate surface area is 266 Å². The first-order valence-corrected chi connectivity index (χ1v) is 16.1. The number of halogens is 1. The molecule has 5 rings (SSSR count). The molecule has 2 aromatic rings. The Morgan fingerprint density at radius 1 is 1.25 bits per heavy atom. The van der Waals surface area contributed by atoms with Crippen LogP contribution in [-0.4, -0.2) is 68.4 Å². The van der Waals surface area contributed by atoms with Crippen LogP contribution < -0.4 is 9.64 Å². The van der Waals surface area contributed by atoms with Crippen LogP contribution in [-0.2, 0) is 26.2 Å². The molecule has 236 valence electrons. The summed E-state index contributed by atoms with van der Waals surface area (Å²) in [6, 6.07) is 12.0. The molecule has 1 N–H and O–H groups in total. The minimum atomic E-state index is -0.750. The van der Waals surface area contributed by atoms with Crippen LogP contribution in [0.2, 0.25) is 5.02 Å². The Kier molecular flexibility index (Phi) is 10.1. The highest BCUT2D eigenvalue weighted by atomic mass is 35.5. The van der Waals surface area contributed by atoms with E-state index in [-0.39, 0.29) is 23.7 Å². The summed E-state index contributed by atoms with van der Waals surface area (Å²) in [4.78, 5) is 30.3. The van der Waals surface area contributed by atoms with Crippen LogP contribution in [0.5, 0.6) is 5.75 Å². The van der Waals surface area contributed by atoms with Gasteiger partial charge in [-0.1, -0.05) is 35.9 Å². The van der Waals surface area contributed by atoms with Crippen LogP contribution in [0, 0.1) is 11.8 Å². The second-order valence-electron chi connectivity index (χ2n) is 12.7. The highest BCUT2D eigenvalue weighted by Crippen LogP contribution is 2.47. The van der Waals surface area contributed by atoms with E-state index in [1.165, 1.54) is 18.2 Å². The number of rotatable bonds is 11. The lowest BCUT2D eigenvalue weighted by molar-refractivity contribution is -0.145. The molecule has 0 saturated heterocycles. The molecule has 1 aliphatic heterocycles. The lowest BCUT2D eigenvalue weighted by Crippen LogP contribution is -2.49. The molecule has 2 aliphatic carbocycles. The summed E-state index contributed by atoms with van der Waals surface area (Å²) in [5, 5.41) is 11.4. The van der Waals surface area contributed by atoms with Crippen molar-refractivity contribution in [3.63, 3.8) is 0 Å².